The van der Waals surface area contributed by atoms with Crippen LogP contribution in [0.4, 0.5) is 10.1 Å². The minimum Gasteiger partial charge on any atom is -0.477 e. The number of hydrogen-bond donors (Lipinski definition) is 0. The molecule has 8 heteroatoms. The highest BCUT2D eigenvalue weighted by Crippen LogP contribution is 2.27. The topological polar surface area (TPSA) is 81.9 Å². The van der Waals surface area contributed by atoms with Gasteiger partial charge in [0, 0.05) is 25.2 Å². The van der Waals surface area contributed by atoms with Crippen molar-refractivity contribution >= 4 is 11.6 Å². The highest BCUT2D eigenvalue weighted by molar-refractivity contribution is 5.78. The van der Waals surface area contributed by atoms with E-state index >= 15 is 0 Å². The van der Waals surface area contributed by atoms with E-state index in [0.29, 0.717) is 13.1 Å². The van der Waals surface area contributed by atoms with E-state index in [1.807, 2.05) is 13.8 Å². The molecular weight excluding hydrogens is 295 g/mol. The maximum absolute atomic E-state index is 13.2. The van der Waals surface area contributed by atoms with Gasteiger partial charge in [0.25, 0.3) is 5.91 Å². The van der Waals surface area contributed by atoms with Gasteiger partial charge in [-0.1, -0.05) is 0 Å². The molecule has 0 unspecified atom stereocenters. The number of nitro benzene ring substituents is 1. The highest BCUT2D eigenvalue weighted by atomic mass is 19.1. The van der Waals surface area contributed by atoms with Crippen LogP contribution in [0.25, 0.3) is 0 Å². The molecule has 1 saturated heterocycles. The zero-order valence-electron chi connectivity index (χ0n) is 12.3. The number of carbonyl (C=O) groups excluding carboxylic acids is 1. The molecule has 1 amide bonds. The standard InChI is InChI=1S/C14H17FN2O5/c1-9-6-16(7-10(2)22-9)14(18)8-21-13-5-11(15)3-4-12(13)17(19)20/h3-5,9-10H,6-8H2,1-2H3/t9-,10+. The zero-order valence-corrected chi connectivity index (χ0v) is 12.3. The summed E-state index contributed by atoms with van der Waals surface area (Å²) in [4.78, 5) is 23.9. The van der Waals surface area contributed by atoms with Gasteiger partial charge in [0.05, 0.1) is 17.1 Å². The number of carbonyl (C=O) groups is 1. The van der Waals surface area contributed by atoms with Gasteiger partial charge in [0.2, 0.25) is 5.75 Å². The Kier molecular flexibility index (Phi) is 4.92. The number of hydrogen-bond acceptors (Lipinski definition) is 5. The van der Waals surface area contributed by atoms with Crippen molar-refractivity contribution in [1.82, 2.24) is 4.90 Å². The van der Waals surface area contributed by atoms with E-state index in [4.69, 9.17) is 9.47 Å². The Morgan fingerprint density at radius 3 is 2.68 bits per heavy atom. The Morgan fingerprint density at radius 1 is 1.45 bits per heavy atom. The summed E-state index contributed by atoms with van der Waals surface area (Å²) in [6, 6.07) is 2.88. The van der Waals surface area contributed by atoms with Crippen molar-refractivity contribution in [3.05, 3.63) is 34.1 Å². The van der Waals surface area contributed by atoms with Gasteiger partial charge in [-0.2, -0.15) is 0 Å². The maximum atomic E-state index is 13.2. The van der Waals surface area contributed by atoms with Crippen LogP contribution in [0.1, 0.15) is 13.8 Å². The molecule has 0 spiro atoms. The molecule has 0 N–H and O–H groups in total. The fraction of sp³-hybridized carbons (Fsp3) is 0.500. The van der Waals surface area contributed by atoms with Crippen LogP contribution in [-0.4, -0.2) is 47.6 Å². The average molecular weight is 312 g/mol. The van der Waals surface area contributed by atoms with Crippen molar-refractivity contribution in [3.63, 3.8) is 0 Å². The van der Waals surface area contributed by atoms with Crippen molar-refractivity contribution < 1.29 is 23.6 Å². The molecule has 1 aromatic rings. The van der Waals surface area contributed by atoms with Crippen LogP contribution < -0.4 is 4.74 Å². The second-order valence-electron chi connectivity index (χ2n) is 5.21. The summed E-state index contributed by atoms with van der Waals surface area (Å²) in [6.45, 7) is 4.18. The molecular formula is C14H17FN2O5. The summed E-state index contributed by atoms with van der Waals surface area (Å²) in [5, 5.41) is 10.9. The predicted molar refractivity (Wildman–Crippen MR) is 75.1 cm³/mol. The molecule has 1 aliphatic heterocycles. The van der Waals surface area contributed by atoms with Crippen LogP contribution in [0.5, 0.6) is 5.75 Å². The van der Waals surface area contributed by atoms with E-state index in [1.165, 1.54) is 0 Å². The lowest BCUT2D eigenvalue weighted by Gasteiger charge is -2.35. The van der Waals surface area contributed by atoms with Gasteiger partial charge < -0.3 is 14.4 Å². The van der Waals surface area contributed by atoms with Crippen molar-refractivity contribution in [2.45, 2.75) is 26.1 Å². The van der Waals surface area contributed by atoms with E-state index in [2.05, 4.69) is 0 Å². The Bertz CT molecular complexity index is 570. The van der Waals surface area contributed by atoms with Crippen molar-refractivity contribution in [1.29, 1.82) is 0 Å². The summed E-state index contributed by atoms with van der Waals surface area (Å²) in [5.74, 6) is -1.24. The number of amides is 1. The van der Waals surface area contributed by atoms with Gasteiger partial charge >= 0.3 is 5.69 Å². The third-order valence-electron chi connectivity index (χ3n) is 3.24. The molecule has 2 rings (SSSR count). The quantitative estimate of drug-likeness (QED) is 0.625. The molecule has 0 radical (unpaired) electrons. The van der Waals surface area contributed by atoms with E-state index < -0.39 is 10.7 Å². The predicted octanol–water partition coefficient (Wildman–Crippen LogP) is 1.75. The zero-order chi connectivity index (χ0) is 16.3. The average Bonchev–Trinajstić information content (AvgIpc) is 2.43. The largest absolute Gasteiger partial charge is 0.477 e. The van der Waals surface area contributed by atoms with Gasteiger partial charge in [-0.15, -0.1) is 0 Å². The summed E-state index contributed by atoms with van der Waals surface area (Å²) in [6.07, 6.45) is -0.174. The van der Waals surface area contributed by atoms with Gasteiger partial charge in [0.1, 0.15) is 5.82 Å². The number of nitrogens with zero attached hydrogens (tertiary/aromatic N) is 2. The number of ether oxygens (including phenoxy) is 2. The summed E-state index contributed by atoms with van der Waals surface area (Å²) in [5.41, 5.74) is -0.377. The first-order valence-corrected chi connectivity index (χ1v) is 6.86. The molecule has 0 saturated carbocycles. The van der Waals surface area contributed by atoms with E-state index in [0.717, 1.165) is 18.2 Å². The molecule has 0 aliphatic carbocycles. The second-order valence-corrected chi connectivity index (χ2v) is 5.21. The molecule has 1 fully saturated rings. The fourth-order valence-electron chi connectivity index (χ4n) is 2.37. The lowest BCUT2D eigenvalue weighted by Crippen LogP contribution is -2.49. The third kappa shape index (κ3) is 3.91. The van der Waals surface area contributed by atoms with E-state index in [1.54, 1.807) is 4.90 Å². The minimum absolute atomic E-state index is 0.0868. The molecule has 0 aromatic heterocycles. The first-order chi connectivity index (χ1) is 10.4. The van der Waals surface area contributed by atoms with Crippen LogP contribution in [0.2, 0.25) is 0 Å². The number of morpholine rings is 1. The lowest BCUT2D eigenvalue weighted by molar-refractivity contribution is -0.385. The van der Waals surface area contributed by atoms with Gasteiger partial charge in [-0.05, 0) is 19.9 Å². The molecule has 7 nitrogen and oxygen atoms in total. The number of rotatable bonds is 4. The third-order valence-corrected chi connectivity index (χ3v) is 3.24. The van der Waals surface area contributed by atoms with E-state index in [-0.39, 0.29) is 36.2 Å². The molecule has 22 heavy (non-hydrogen) atoms. The highest BCUT2D eigenvalue weighted by Gasteiger charge is 2.26. The Labute approximate surface area is 126 Å². The molecule has 120 valence electrons. The van der Waals surface area contributed by atoms with Gasteiger partial charge in [-0.3, -0.25) is 14.9 Å². The van der Waals surface area contributed by atoms with Crippen molar-refractivity contribution in [3.8, 4) is 5.75 Å². The number of nitro groups is 1. The second kappa shape index (κ2) is 6.69. The fourth-order valence-corrected chi connectivity index (χ4v) is 2.37. The van der Waals surface area contributed by atoms with E-state index in [9.17, 15) is 19.3 Å². The molecule has 2 atom stereocenters. The molecule has 1 aromatic carbocycles. The number of benzene rings is 1. The van der Waals surface area contributed by atoms with Crippen LogP contribution >= 0.6 is 0 Å². The van der Waals surface area contributed by atoms with Crippen LogP contribution in [0, 0.1) is 15.9 Å². The summed E-state index contributed by atoms with van der Waals surface area (Å²) in [7, 11) is 0. The Hall–Kier alpha value is -2.22. The Balaban J connectivity index is 2.02. The lowest BCUT2D eigenvalue weighted by atomic mass is 10.2. The number of halogens is 1. The SMILES string of the molecule is C[C@@H]1CN(C(=O)COc2cc(F)ccc2[N+](=O)[O-])C[C@H](C)O1. The summed E-state index contributed by atoms with van der Waals surface area (Å²) < 4.78 is 23.9. The summed E-state index contributed by atoms with van der Waals surface area (Å²) >= 11 is 0. The first-order valence-electron chi connectivity index (χ1n) is 6.86. The first kappa shape index (κ1) is 16.2. The van der Waals surface area contributed by atoms with Crippen molar-refractivity contribution in [2.75, 3.05) is 19.7 Å². The minimum atomic E-state index is -0.682. The molecule has 1 aliphatic rings. The van der Waals surface area contributed by atoms with Crippen LogP contribution in [-0.2, 0) is 9.53 Å². The van der Waals surface area contributed by atoms with Gasteiger partial charge in [-0.25, -0.2) is 4.39 Å². The Morgan fingerprint density at radius 2 is 2.09 bits per heavy atom. The van der Waals surface area contributed by atoms with Gasteiger partial charge in [0.15, 0.2) is 6.61 Å². The smallest absolute Gasteiger partial charge is 0.311 e. The maximum Gasteiger partial charge on any atom is 0.311 e. The van der Waals surface area contributed by atoms with Crippen LogP contribution in [0.15, 0.2) is 18.2 Å². The monoisotopic (exact) mass is 312 g/mol. The van der Waals surface area contributed by atoms with Crippen LogP contribution in [0.3, 0.4) is 0 Å². The molecule has 1 heterocycles. The molecule has 0 bridgehead atoms. The van der Waals surface area contributed by atoms with Crippen molar-refractivity contribution in [2.24, 2.45) is 0 Å². The normalized spacial score (nSPS) is 21.5.